The SMILES string of the molecule is C=CCOC(=O)C(NC)C(O)c1ccc(O)c(O)c1. The predicted octanol–water partition coefficient (Wildman–Crippen LogP) is 0.448. The first-order chi connectivity index (χ1) is 9.01. The second kappa shape index (κ2) is 6.77. The largest absolute Gasteiger partial charge is 0.504 e. The van der Waals surface area contributed by atoms with E-state index in [1.165, 1.54) is 31.3 Å². The lowest BCUT2D eigenvalue weighted by molar-refractivity contribution is -0.148. The number of likely N-dealkylation sites (N-methyl/N-ethyl adjacent to an activating group) is 1. The molecule has 0 spiro atoms. The zero-order valence-electron chi connectivity index (χ0n) is 10.5. The van der Waals surface area contributed by atoms with Gasteiger partial charge in [0.2, 0.25) is 0 Å². The summed E-state index contributed by atoms with van der Waals surface area (Å²) in [4.78, 5) is 11.7. The van der Waals surface area contributed by atoms with Gasteiger partial charge in [-0.3, -0.25) is 4.79 Å². The van der Waals surface area contributed by atoms with Crippen LogP contribution in [0.3, 0.4) is 0 Å². The Labute approximate surface area is 111 Å². The Kier molecular flexibility index (Phi) is 5.35. The topological polar surface area (TPSA) is 99.0 Å². The number of esters is 1. The van der Waals surface area contributed by atoms with Gasteiger partial charge in [-0.15, -0.1) is 0 Å². The Morgan fingerprint density at radius 2 is 2.16 bits per heavy atom. The van der Waals surface area contributed by atoms with Crippen molar-refractivity contribution in [3.63, 3.8) is 0 Å². The summed E-state index contributed by atoms with van der Waals surface area (Å²) in [6.07, 6.45) is 0.206. The number of aliphatic hydroxyl groups excluding tert-OH is 1. The summed E-state index contributed by atoms with van der Waals surface area (Å²) in [6.45, 7) is 3.47. The van der Waals surface area contributed by atoms with Gasteiger partial charge in [0.25, 0.3) is 0 Å². The zero-order valence-corrected chi connectivity index (χ0v) is 10.5. The molecule has 1 rings (SSSR count). The van der Waals surface area contributed by atoms with Crippen LogP contribution in [0.5, 0.6) is 11.5 Å². The fourth-order valence-electron chi connectivity index (χ4n) is 1.55. The highest BCUT2D eigenvalue weighted by Crippen LogP contribution is 2.29. The molecule has 0 aliphatic carbocycles. The molecule has 0 aliphatic rings. The molecule has 0 radical (unpaired) electrons. The van der Waals surface area contributed by atoms with Crippen molar-refractivity contribution >= 4 is 5.97 Å². The number of ether oxygens (including phenoxy) is 1. The van der Waals surface area contributed by atoms with Gasteiger partial charge in [0.15, 0.2) is 11.5 Å². The van der Waals surface area contributed by atoms with Crippen LogP contribution >= 0.6 is 0 Å². The van der Waals surface area contributed by atoms with Crippen LogP contribution in [0.25, 0.3) is 0 Å². The van der Waals surface area contributed by atoms with E-state index < -0.39 is 18.1 Å². The summed E-state index contributed by atoms with van der Waals surface area (Å²) >= 11 is 0. The van der Waals surface area contributed by atoms with Crippen molar-refractivity contribution < 1.29 is 24.9 Å². The van der Waals surface area contributed by atoms with E-state index in [-0.39, 0.29) is 23.7 Å². The van der Waals surface area contributed by atoms with Crippen molar-refractivity contribution in [3.05, 3.63) is 36.4 Å². The van der Waals surface area contributed by atoms with Crippen molar-refractivity contribution in [2.45, 2.75) is 12.1 Å². The molecule has 0 saturated carbocycles. The molecule has 2 atom stereocenters. The van der Waals surface area contributed by atoms with Crippen LogP contribution in [0.4, 0.5) is 0 Å². The Hall–Kier alpha value is -2.05. The molecule has 6 nitrogen and oxygen atoms in total. The molecule has 4 N–H and O–H groups in total. The van der Waals surface area contributed by atoms with Gasteiger partial charge in [-0.1, -0.05) is 18.7 Å². The second-order valence-electron chi connectivity index (χ2n) is 3.88. The molecule has 1 aromatic rings. The van der Waals surface area contributed by atoms with Crippen molar-refractivity contribution in [1.82, 2.24) is 5.32 Å². The predicted molar refractivity (Wildman–Crippen MR) is 68.7 cm³/mol. The molecule has 104 valence electrons. The first kappa shape index (κ1) is 15.0. The molecule has 2 unspecified atom stereocenters. The van der Waals surface area contributed by atoms with Crippen molar-refractivity contribution in [1.29, 1.82) is 0 Å². The molecule has 0 aromatic heterocycles. The fourth-order valence-corrected chi connectivity index (χ4v) is 1.55. The van der Waals surface area contributed by atoms with Gasteiger partial charge in [0.1, 0.15) is 18.8 Å². The molecule has 0 saturated heterocycles. The molecule has 19 heavy (non-hydrogen) atoms. The summed E-state index contributed by atoms with van der Waals surface area (Å²) in [5.74, 6) is -1.31. The maximum absolute atomic E-state index is 11.7. The third-order valence-electron chi connectivity index (χ3n) is 2.57. The van der Waals surface area contributed by atoms with E-state index in [0.717, 1.165) is 0 Å². The lowest BCUT2D eigenvalue weighted by Gasteiger charge is -2.21. The number of aliphatic hydroxyl groups is 1. The number of nitrogens with one attached hydrogen (secondary N) is 1. The van der Waals surface area contributed by atoms with Gasteiger partial charge in [0.05, 0.1) is 0 Å². The van der Waals surface area contributed by atoms with Gasteiger partial charge in [-0.25, -0.2) is 0 Å². The molecule has 1 aromatic carbocycles. The van der Waals surface area contributed by atoms with Gasteiger partial charge in [-0.2, -0.15) is 0 Å². The Morgan fingerprint density at radius 1 is 1.47 bits per heavy atom. The van der Waals surface area contributed by atoms with Crippen molar-refractivity contribution in [2.75, 3.05) is 13.7 Å². The minimum atomic E-state index is -1.21. The van der Waals surface area contributed by atoms with Gasteiger partial charge >= 0.3 is 5.97 Å². The smallest absolute Gasteiger partial charge is 0.326 e. The summed E-state index contributed by atoms with van der Waals surface area (Å²) in [7, 11) is 1.50. The normalized spacial score (nSPS) is 13.6. The van der Waals surface area contributed by atoms with E-state index in [1.54, 1.807) is 0 Å². The molecule has 0 aliphatic heterocycles. The van der Waals surface area contributed by atoms with Gasteiger partial charge in [-0.05, 0) is 24.7 Å². The van der Waals surface area contributed by atoms with E-state index in [2.05, 4.69) is 11.9 Å². The van der Waals surface area contributed by atoms with E-state index in [4.69, 9.17) is 4.74 Å². The number of phenols is 2. The summed E-state index contributed by atoms with van der Waals surface area (Å²) < 4.78 is 4.85. The molecular weight excluding hydrogens is 250 g/mol. The number of hydrogen-bond donors (Lipinski definition) is 4. The molecule has 0 heterocycles. The summed E-state index contributed by atoms with van der Waals surface area (Å²) in [5.41, 5.74) is 0.283. The van der Waals surface area contributed by atoms with E-state index in [9.17, 15) is 20.1 Å². The highest BCUT2D eigenvalue weighted by molar-refractivity contribution is 5.77. The number of carbonyl (C=O) groups is 1. The van der Waals surface area contributed by atoms with E-state index in [0.29, 0.717) is 0 Å². The lowest BCUT2D eigenvalue weighted by atomic mass is 10.0. The third kappa shape index (κ3) is 3.70. The highest BCUT2D eigenvalue weighted by Gasteiger charge is 2.28. The standard InChI is InChI=1S/C13H17NO5/c1-3-6-19-13(18)11(14-2)12(17)8-4-5-9(15)10(16)7-8/h3-5,7,11-12,14-17H,1,6H2,2H3. The maximum Gasteiger partial charge on any atom is 0.326 e. The van der Waals surface area contributed by atoms with Crippen LogP contribution in [0.1, 0.15) is 11.7 Å². The number of hydrogen-bond acceptors (Lipinski definition) is 6. The Morgan fingerprint density at radius 3 is 2.68 bits per heavy atom. The van der Waals surface area contributed by atoms with Crippen LogP contribution in [0.15, 0.2) is 30.9 Å². The van der Waals surface area contributed by atoms with Crippen LogP contribution in [-0.2, 0) is 9.53 Å². The molecule has 0 bridgehead atoms. The first-order valence-electron chi connectivity index (χ1n) is 5.66. The van der Waals surface area contributed by atoms with Crippen LogP contribution < -0.4 is 5.32 Å². The number of carbonyl (C=O) groups excluding carboxylic acids is 1. The highest BCUT2D eigenvalue weighted by atomic mass is 16.5. The van der Waals surface area contributed by atoms with Crippen LogP contribution in [-0.4, -0.2) is 41.0 Å². The zero-order chi connectivity index (χ0) is 14.4. The minimum Gasteiger partial charge on any atom is -0.504 e. The average molecular weight is 267 g/mol. The Bertz CT molecular complexity index is 460. The lowest BCUT2D eigenvalue weighted by Crippen LogP contribution is -2.40. The molecular formula is C13H17NO5. The third-order valence-corrected chi connectivity index (χ3v) is 2.57. The summed E-state index contributed by atoms with van der Waals surface area (Å²) in [5, 5.41) is 31.3. The maximum atomic E-state index is 11.7. The average Bonchev–Trinajstić information content (AvgIpc) is 2.40. The number of benzene rings is 1. The Balaban J connectivity index is 2.88. The number of phenolic OH excluding ortho intramolecular Hbond substituents is 2. The molecule has 6 heteroatoms. The molecule has 0 amide bonds. The van der Waals surface area contributed by atoms with Crippen LogP contribution in [0, 0.1) is 0 Å². The van der Waals surface area contributed by atoms with Crippen LogP contribution in [0.2, 0.25) is 0 Å². The summed E-state index contributed by atoms with van der Waals surface area (Å²) in [6, 6.07) is 2.84. The molecule has 0 fully saturated rings. The van der Waals surface area contributed by atoms with E-state index in [1.807, 2.05) is 0 Å². The van der Waals surface area contributed by atoms with Crippen molar-refractivity contribution in [2.24, 2.45) is 0 Å². The quantitative estimate of drug-likeness (QED) is 0.339. The monoisotopic (exact) mass is 267 g/mol. The van der Waals surface area contributed by atoms with Crippen molar-refractivity contribution in [3.8, 4) is 11.5 Å². The van der Waals surface area contributed by atoms with E-state index >= 15 is 0 Å². The minimum absolute atomic E-state index is 0.0462. The second-order valence-corrected chi connectivity index (χ2v) is 3.88. The fraction of sp³-hybridized carbons (Fsp3) is 0.308. The number of aromatic hydroxyl groups is 2. The van der Waals surface area contributed by atoms with Gasteiger partial charge in [0, 0.05) is 0 Å². The van der Waals surface area contributed by atoms with Gasteiger partial charge < -0.3 is 25.4 Å². The first-order valence-corrected chi connectivity index (χ1v) is 5.66. The number of rotatable bonds is 6.